The molecule has 62 valence electrons. The summed E-state index contributed by atoms with van der Waals surface area (Å²) in [4.78, 5) is 4.25. The Morgan fingerprint density at radius 3 is 3.08 bits per heavy atom. The quantitative estimate of drug-likeness (QED) is 0.651. The van der Waals surface area contributed by atoms with Gasteiger partial charge in [-0.3, -0.25) is 4.99 Å². The largest absolute Gasteiger partial charge is 0.353 e. The summed E-state index contributed by atoms with van der Waals surface area (Å²) in [5.41, 5.74) is 2.36. The molecule has 0 bridgehead atoms. The molecule has 2 rings (SSSR count). The van der Waals surface area contributed by atoms with E-state index in [1.807, 2.05) is 25.3 Å². The molecule has 1 heterocycles. The number of ether oxygens (including phenoxy) is 1. The first kappa shape index (κ1) is 7.50. The molecule has 0 amide bonds. The summed E-state index contributed by atoms with van der Waals surface area (Å²) in [5.74, 6) is 0. The number of hydrogen-bond donors (Lipinski definition) is 0. The van der Waals surface area contributed by atoms with Crippen LogP contribution in [0.25, 0.3) is 0 Å². The molecule has 12 heavy (non-hydrogen) atoms. The minimum absolute atomic E-state index is 0.0637. The van der Waals surface area contributed by atoms with Crippen LogP contribution >= 0.6 is 0 Å². The molecule has 1 aliphatic heterocycles. The second kappa shape index (κ2) is 3.07. The van der Waals surface area contributed by atoms with Gasteiger partial charge in [0.1, 0.15) is 0 Å². The zero-order valence-electron chi connectivity index (χ0n) is 7.03. The highest BCUT2D eigenvalue weighted by Gasteiger charge is 2.16. The molecule has 1 unspecified atom stereocenters. The molecule has 2 heteroatoms. The monoisotopic (exact) mass is 161 g/mol. The van der Waals surface area contributed by atoms with Crippen molar-refractivity contribution in [3.05, 3.63) is 35.4 Å². The van der Waals surface area contributed by atoms with Gasteiger partial charge in [-0.25, -0.2) is 0 Å². The lowest BCUT2D eigenvalue weighted by molar-refractivity contribution is 0.0720. The van der Waals surface area contributed by atoms with E-state index in [2.05, 4.69) is 17.1 Å². The van der Waals surface area contributed by atoms with Crippen molar-refractivity contribution in [3.8, 4) is 0 Å². The van der Waals surface area contributed by atoms with Crippen LogP contribution in [-0.4, -0.2) is 12.8 Å². The van der Waals surface area contributed by atoms with Crippen molar-refractivity contribution < 1.29 is 4.74 Å². The lowest BCUT2D eigenvalue weighted by atomic mass is 10.1. The Hall–Kier alpha value is -1.15. The van der Waals surface area contributed by atoms with Crippen LogP contribution < -0.4 is 0 Å². The van der Waals surface area contributed by atoms with Crippen molar-refractivity contribution in [1.82, 2.24) is 0 Å². The molecule has 1 atom stereocenters. The van der Waals surface area contributed by atoms with E-state index in [0.29, 0.717) is 6.61 Å². The van der Waals surface area contributed by atoms with E-state index in [1.165, 1.54) is 11.1 Å². The van der Waals surface area contributed by atoms with Gasteiger partial charge in [-0.2, -0.15) is 0 Å². The lowest BCUT2D eigenvalue weighted by Crippen LogP contribution is -1.98. The molecule has 0 saturated carbocycles. The van der Waals surface area contributed by atoms with Crippen LogP contribution in [0, 0.1) is 0 Å². The molecular formula is C10H11NO. The predicted molar refractivity (Wildman–Crippen MR) is 48.4 cm³/mol. The second-order valence-electron chi connectivity index (χ2n) is 2.71. The SMILES string of the molecule is CCOC1N=Cc2ccccc21. The lowest BCUT2D eigenvalue weighted by Gasteiger charge is -2.08. The molecule has 0 fully saturated rings. The number of aliphatic imine (C=N–C) groups is 1. The fourth-order valence-electron chi connectivity index (χ4n) is 1.37. The Morgan fingerprint density at radius 2 is 2.25 bits per heavy atom. The van der Waals surface area contributed by atoms with E-state index in [-0.39, 0.29) is 6.23 Å². The first-order chi connectivity index (χ1) is 5.92. The molecule has 0 radical (unpaired) electrons. The van der Waals surface area contributed by atoms with E-state index in [4.69, 9.17) is 4.74 Å². The Labute approximate surface area is 71.9 Å². The molecule has 0 aromatic heterocycles. The number of rotatable bonds is 2. The normalized spacial score (nSPS) is 19.6. The summed E-state index contributed by atoms with van der Waals surface area (Å²) in [5, 5.41) is 0. The van der Waals surface area contributed by atoms with E-state index in [0.717, 1.165) is 0 Å². The Kier molecular flexibility index (Phi) is 1.92. The van der Waals surface area contributed by atoms with Crippen LogP contribution in [-0.2, 0) is 4.74 Å². The van der Waals surface area contributed by atoms with E-state index < -0.39 is 0 Å². The molecule has 0 aliphatic carbocycles. The maximum absolute atomic E-state index is 5.43. The third kappa shape index (κ3) is 1.14. The molecule has 1 aliphatic rings. The topological polar surface area (TPSA) is 21.6 Å². The van der Waals surface area contributed by atoms with Gasteiger partial charge in [0, 0.05) is 23.9 Å². The summed E-state index contributed by atoms with van der Waals surface area (Å²) >= 11 is 0. The van der Waals surface area contributed by atoms with Crippen molar-refractivity contribution in [3.63, 3.8) is 0 Å². The van der Waals surface area contributed by atoms with Gasteiger partial charge in [0.15, 0.2) is 6.23 Å². The average molecular weight is 161 g/mol. The van der Waals surface area contributed by atoms with Gasteiger partial charge in [0.05, 0.1) is 0 Å². The smallest absolute Gasteiger partial charge is 0.174 e. The summed E-state index contributed by atoms with van der Waals surface area (Å²) in [7, 11) is 0. The minimum Gasteiger partial charge on any atom is -0.353 e. The van der Waals surface area contributed by atoms with Crippen molar-refractivity contribution in [2.75, 3.05) is 6.61 Å². The maximum atomic E-state index is 5.43. The van der Waals surface area contributed by atoms with Crippen molar-refractivity contribution in [1.29, 1.82) is 0 Å². The fourth-order valence-corrected chi connectivity index (χ4v) is 1.37. The fraction of sp³-hybridized carbons (Fsp3) is 0.300. The molecule has 0 saturated heterocycles. The van der Waals surface area contributed by atoms with Gasteiger partial charge in [-0.15, -0.1) is 0 Å². The third-order valence-corrected chi connectivity index (χ3v) is 1.94. The van der Waals surface area contributed by atoms with E-state index >= 15 is 0 Å². The first-order valence-electron chi connectivity index (χ1n) is 4.15. The summed E-state index contributed by atoms with van der Waals surface area (Å²) in [6.07, 6.45) is 1.81. The standard InChI is InChI=1S/C10H11NO/c1-2-12-10-9-6-4-3-5-8(9)7-11-10/h3-7,10H,2H2,1H3. The summed E-state index contributed by atoms with van der Waals surface area (Å²) < 4.78 is 5.43. The van der Waals surface area contributed by atoms with Crippen LogP contribution in [0.15, 0.2) is 29.3 Å². The van der Waals surface area contributed by atoms with Crippen molar-refractivity contribution >= 4 is 6.21 Å². The maximum Gasteiger partial charge on any atom is 0.174 e. The summed E-state index contributed by atoms with van der Waals surface area (Å²) in [6.45, 7) is 2.69. The number of benzene rings is 1. The van der Waals surface area contributed by atoms with Crippen LogP contribution in [0.1, 0.15) is 24.3 Å². The molecule has 0 N–H and O–H groups in total. The Balaban J connectivity index is 2.30. The number of hydrogen-bond acceptors (Lipinski definition) is 2. The molecular weight excluding hydrogens is 150 g/mol. The minimum atomic E-state index is -0.0637. The highest BCUT2D eigenvalue weighted by atomic mass is 16.5. The summed E-state index contributed by atoms with van der Waals surface area (Å²) in [6, 6.07) is 8.14. The highest BCUT2D eigenvalue weighted by molar-refractivity contribution is 5.84. The highest BCUT2D eigenvalue weighted by Crippen LogP contribution is 2.26. The average Bonchev–Trinajstić information content (AvgIpc) is 2.50. The van der Waals surface area contributed by atoms with Crippen molar-refractivity contribution in [2.24, 2.45) is 4.99 Å². The Bertz CT molecular complexity index is 306. The third-order valence-electron chi connectivity index (χ3n) is 1.94. The van der Waals surface area contributed by atoms with Gasteiger partial charge >= 0.3 is 0 Å². The zero-order chi connectivity index (χ0) is 8.39. The van der Waals surface area contributed by atoms with Crippen molar-refractivity contribution in [2.45, 2.75) is 13.2 Å². The van der Waals surface area contributed by atoms with Gasteiger partial charge in [0.2, 0.25) is 0 Å². The Morgan fingerprint density at radius 1 is 1.42 bits per heavy atom. The van der Waals surface area contributed by atoms with Gasteiger partial charge in [0.25, 0.3) is 0 Å². The molecule has 0 spiro atoms. The first-order valence-corrected chi connectivity index (χ1v) is 4.15. The second-order valence-corrected chi connectivity index (χ2v) is 2.71. The molecule has 2 nitrogen and oxygen atoms in total. The van der Waals surface area contributed by atoms with Crippen LogP contribution in [0.3, 0.4) is 0 Å². The van der Waals surface area contributed by atoms with Gasteiger partial charge in [-0.1, -0.05) is 24.3 Å². The van der Waals surface area contributed by atoms with Crippen LogP contribution in [0.2, 0.25) is 0 Å². The molecule has 1 aromatic carbocycles. The molecule has 1 aromatic rings. The zero-order valence-corrected chi connectivity index (χ0v) is 7.03. The number of fused-ring (bicyclic) bond motifs is 1. The van der Waals surface area contributed by atoms with Crippen LogP contribution in [0.5, 0.6) is 0 Å². The van der Waals surface area contributed by atoms with Gasteiger partial charge < -0.3 is 4.74 Å². The van der Waals surface area contributed by atoms with E-state index in [1.54, 1.807) is 0 Å². The predicted octanol–water partition coefficient (Wildman–Crippen LogP) is 2.15. The number of nitrogens with zero attached hydrogens (tertiary/aromatic N) is 1. The van der Waals surface area contributed by atoms with Gasteiger partial charge in [-0.05, 0) is 6.92 Å². The van der Waals surface area contributed by atoms with Crippen LogP contribution in [0.4, 0.5) is 0 Å². The van der Waals surface area contributed by atoms with E-state index in [9.17, 15) is 0 Å².